The molecule has 0 aromatic carbocycles. The van der Waals surface area contributed by atoms with Crippen LogP contribution >= 0.6 is 15.8 Å². The van der Waals surface area contributed by atoms with Gasteiger partial charge in [-0.15, -0.1) is 0 Å². The molecule has 0 radical (unpaired) electrons. The van der Waals surface area contributed by atoms with E-state index in [1.165, 1.54) is 12.8 Å². The summed E-state index contributed by atoms with van der Waals surface area (Å²) in [6.07, 6.45) is 9.29. The maximum absolute atomic E-state index is 2.51. The van der Waals surface area contributed by atoms with Gasteiger partial charge < -0.3 is 0 Å². The van der Waals surface area contributed by atoms with Gasteiger partial charge in [-0.3, -0.25) is 0 Å². The molecular weight excluding hydrogens is 254 g/mol. The lowest BCUT2D eigenvalue weighted by Gasteiger charge is -2.42. The summed E-state index contributed by atoms with van der Waals surface area (Å²) in [6, 6.07) is 0. The molecule has 106 valence electrons. The Bertz CT molecular complexity index is 254. The van der Waals surface area contributed by atoms with Crippen LogP contribution in [0.1, 0.15) is 67.2 Å². The summed E-state index contributed by atoms with van der Waals surface area (Å²) in [5, 5.41) is 1.19. The van der Waals surface area contributed by atoms with Crippen molar-refractivity contribution in [2.75, 3.05) is 12.3 Å². The van der Waals surface area contributed by atoms with Crippen molar-refractivity contribution in [1.82, 2.24) is 0 Å². The van der Waals surface area contributed by atoms with Crippen LogP contribution in [-0.4, -0.2) is 34.0 Å². The Kier molecular flexibility index (Phi) is 4.52. The number of hydrogen-bond donors (Lipinski definition) is 0. The van der Waals surface area contributed by atoms with E-state index >= 15 is 0 Å². The predicted octanol–water partition coefficient (Wildman–Crippen LogP) is 5.87. The fraction of sp³-hybridized carbons (Fsp3) is 1.00. The Hall–Kier alpha value is 0.860. The minimum atomic E-state index is 0.282. The molecule has 2 aliphatic heterocycles. The molecular formula is C16H32P2. The van der Waals surface area contributed by atoms with Crippen LogP contribution < -0.4 is 0 Å². The zero-order valence-electron chi connectivity index (χ0n) is 13.3. The summed E-state index contributed by atoms with van der Waals surface area (Å²) in [5.74, 6) is 0. The van der Waals surface area contributed by atoms with E-state index in [0.29, 0.717) is 10.3 Å². The molecule has 0 bridgehead atoms. The van der Waals surface area contributed by atoms with Crippen LogP contribution in [0.5, 0.6) is 0 Å². The summed E-state index contributed by atoms with van der Waals surface area (Å²) in [5.41, 5.74) is 2.24. The van der Waals surface area contributed by atoms with Crippen molar-refractivity contribution < 1.29 is 0 Å². The predicted molar refractivity (Wildman–Crippen MR) is 89.1 cm³/mol. The van der Waals surface area contributed by atoms with Crippen LogP contribution in [-0.2, 0) is 0 Å². The Morgan fingerprint density at radius 3 is 1.28 bits per heavy atom. The van der Waals surface area contributed by atoms with Gasteiger partial charge >= 0.3 is 0 Å². The molecule has 2 fully saturated rings. The maximum Gasteiger partial charge on any atom is -0.0136 e. The molecule has 4 atom stereocenters. The fourth-order valence-corrected chi connectivity index (χ4v) is 12.2. The Balaban J connectivity index is 2.15. The first-order valence-corrected chi connectivity index (χ1v) is 10.9. The lowest BCUT2D eigenvalue weighted by atomic mass is 10.1. The average Bonchev–Trinajstić information content (AvgIpc) is 2.83. The van der Waals surface area contributed by atoms with Crippen molar-refractivity contribution in [2.45, 2.75) is 88.9 Å². The molecule has 0 aromatic rings. The SMILES string of the molecule is CC(C)(C)[P@@]1CCC[C@@H]1[C@H]1CCC[P@]1C(C)(C)C. The minimum absolute atomic E-state index is 0.282. The molecule has 0 nitrogen and oxygen atoms in total. The van der Waals surface area contributed by atoms with Gasteiger partial charge in [0.2, 0.25) is 0 Å². The molecule has 0 spiro atoms. The van der Waals surface area contributed by atoms with Crippen molar-refractivity contribution in [1.29, 1.82) is 0 Å². The highest BCUT2D eigenvalue weighted by Crippen LogP contribution is 2.69. The molecule has 0 saturated carbocycles. The van der Waals surface area contributed by atoms with Crippen molar-refractivity contribution in [3.05, 3.63) is 0 Å². The van der Waals surface area contributed by atoms with Crippen LogP contribution in [0.4, 0.5) is 0 Å². The second-order valence-corrected chi connectivity index (χ2v) is 14.9. The average molecular weight is 286 g/mol. The van der Waals surface area contributed by atoms with Gasteiger partial charge in [0.05, 0.1) is 0 Å². The van der Waals surface area contributed by atoms with E-state index in [2.05, 4.69) is 41.5 Å². The Morgan fingerprint density at radius 2 is 1.00 bits per heavy atom. The fourth-order valence-electron chi connectivity index (χ4n) is 4.05. The van der Waals surface area contributed by atoms with Crippen molar-refractivity contribution in [3.8, 4) is 0 Å². The molecule has 0 amide bonds. The molecule has 2 saturated heterocycles. The van der Waals surface area contributed by atoms with Gasteiger partial charge in [-0.1, -0.05) is 57.4 Å². The highest BCUT2D eigenvalue weighted by Gasteiger charge is 2.46. The standard InChI is InChI=1S/C16H32P2/c1-15(2,3)17-11-7-9-13(17)14-10-8-12-18(14)16(4,5)6/h13-14H,7-12H2,1-6H3/t13-,14-,17+,18+/m1/s1. The van der Waals surface area contributed by atoms with E-state index in [-0.39, 0.29) is 15.8 Å². The molecule has 0 N–H and O–H groups in total. The molecule has 0 aromatic heterocycles. The number of hydrogen-bond acceptors (Lipinski definition) is 0. The highest BCUT2D eigenvalue weighted by atomic mass is 31.1. The first-order chi connectivity index (χ1) is 8.21. The van der Waals surface area contributed by atoms with Gasteiger partial charge in [0.1, 0.15) is 0 Å². The third-order valence-corrected chi connectivity index (χ3v) is 12.9. The second-order valence-electron chi connectivity index (χ2n) is 8.15. The highest BCUT2D eigenvalue weighted by molar-refractivity contribution is 7.64. The maximum atomic E-state index is 2.51. The third kappa shape index (κ3) is 3.12. The summed E-state index contributed by atoms with van der Waals surface area (Å²) in [4.78, 5) is 0. The zero-order chi connectivity index (χ0) is 13.6. The van der Waals surface area contributed by atoms with Crippen molar-refractivity contribution >= 4 is 15.8 Å². The first kappa shape index (κ1) is 15.3. The quantitative estimate of drug-likeness (QED) is 0.529. The van der Waals surface area contributed by atoms with Crippen LogP contribution in [0.3, 0.4) is 0 Å². The summed E-state index contributed by atoms with van der Waals surface area (Å²) >= 11 is 0. The van der Waals surface area contributed by atoms with Gasteiger partial charge in [0, 0.05) is 0 Å². The molecule has 2 aliphatic rings. The van der Waals surface area contributed by atoms with Gasteiger partial charge in [-0.05, 0) is 59.6 Å². The lowest BCUT2D eigenvalue weighted by Crippen LogP contribution is -2.29. The largest absolute Gasteiger partial charge is 0.0974 e. The minimum Gasteiger partial charge on any atom is -0.0974 e. The Labute approximate surface area is 117 Å². The number of rotatable bonds is 1. The lowest BCUT2D eigenvalue weighted by molar-refractivity contribution is 0.671. The third-order valence-electron chi connectivity index (χ3n) is 4.77. The van der Waals surface area contributed by atoms with Gasteiger partial charge in [-0.2, -0.15) is 0 Å². The smallest absolute Gasteiger partial charge is 0.0136 e. The molecule has 0 aliphatic carbocycles. The van der Waals surface area contributed by atoms with E-state index in [1.54, 1.807) is 25.2 Å². The van der Waals surface area contributed by atoms with E-state index in [9.17, 15) is 0 Å². The van der Waals surface area contributed by atoms with E-state index in [0.717, 1.165) is 11.3 Å². The van der Waals surface area contributed by atoms with Crippen LogP contribution in [0.2, 0.25) is 0 Å². The first-order valence-electron chi connectivity index (χ1n) is 7.75. The van der Waals surface area contributed by atoms with Crippen LogP contribution in [0.25, 0.3) is 0 Å². The topological polar surface area (TPSA) is 0 Å². The summed E-state index contributed by atoms with van der Waals surface area (Å²) < 4.78 is 0. The normalized spacial score (nSPS) is 38.3. The van der Waals surface area contributed by atoms with E-state index in [4.69, 9.17) is 0 Å². The molecule has 2 heterocycles. The van der Waals surface area contributed by atoms with Gasteiger partial charge in [-0.25, -0.2) is 0 Å². The van der Waals surface area contributed by atoms with E-state index < -0.39 is 0 Å². The zero-order valence-corrected chi connectivity index (χ0v) is 15.1. The van der Waals surface area contributed by atoms with E-state index in [1.807, 2.05) is 0 Å². The van der Waals surface area contributed by atoms with Crippen LogP contribution in [0.15, 0.2) is 0 Å². The van der Waals surface area contributed by atoms with Gasteiger partial charge in [0.15, 0.2) is 0 Å². The van der Waals surface area contributed by atoms with Gasteiger partial charge in [0.25, 0.3) is 0 Å². The molecule has 2 heteroatoms. The van der Waals surface area contributed by atoms with Crippen LogP contribution in [0, 0.1) is 0 Å². The summed E-state index contributed by atoms with van der Waals surface area (Å²) in [7, 11) is 0.564. The molecule has 2 rings (SSSR count). The molecule has 0 unspecified atom stereocenters. The monoisotopic (exact) mass is 286 g/mol. The van der Waals surface area contributed by atoms with Crippen molar-refractivity contribution in [3.63, 3.8) is 0 Å². The Morgan fingerprint density at radius 1 is 0.667 bits per heavy atom. The molecule has 18 heavy (non-hydrogen) atoms. The van der Waals surface area contributed by atoms with Crippen molar-refractivity contribution in [2.24, 2.45) is 0 Å². The summed E-state index contributed by atoms with van der Waals surface area (Å²) in [6.45, 7) is 15.0. The second kappa shape index (κ2) is 5.33.